The van der Waals surface area contributed by atoms with Crippen LogP contribution in [0.3, 0.4) is 0 Å². The van der Waals surface area contributed by atoms with Crippen LogP contribution in [-0.4, -0.2) is 5.33 Å². The SMILES string of the molecule is CC(CCBr)Cc1ccc(Br)cc1. The van der Waals surface area contributed by atoms with Crippen LogP contribution in [0.15, 0.2) is 28.7 Å². The van der Waals surface area contributed by atoms with E-state index in [0.29, 0.717) is 0 Å². The molecule has 0 radical (unpaired) electrons. The van der Waals surface area contributed by atoms with E-state index < -0.39 is 0 Å². The lowest BCUT2D eigenvalue weighted by Crippen LogP contribution is -1.99. The Morgan fingerprint density at radius 1 is 1.23 bits per heavy atom. The molecule has 13 heavy (non-hydrogen) atoms. The minimum atomic E-state index is 0.764. The van der Waals surface area contributed by atoms with Gasteiger partial charge in [-0.15, -0.1) is 0 Å². The minimum Gasteiger partial charge on any atom is -0.0928 e. The molecule has 0 bridgehead atoms. The average molecular weight is 306 g/mol. The van der Waals surface area contributed by atoms with Crippen molar-refractivity contribution in [1.82, 2.24) is 0 Å². The normalized spacial score (nSPS) is 12.8. The number of hydrogen-bond acceptors (Lipinski definition) is 0. The first-order chi connectivity index (χ1) is 6.22. The number of halogens is 2. The lowest BCUT2D eigenvalue weighted by atomic mass is 9.99. The highest BCUT2D eigenvalue weighted by atomic mass is 79.9. The lowest BCUT2D eigenvalue weighted by molar-refractivity contribution is 0.567. The van der Waals surface area contributed by atoms with Gasteiger partial charge in [0.1, 0.15) is 0 Å². The molecule has 1 unspecified atom stereocenters. The first kappa shape index (κ1) is 11.3. The van der Waals surface area contributed by atoms with Crippen molar-refractivity contribution in [2.45, 2.75) is 19.8 Å². The minimum absolute atomic E-state index is 0.764. The van der Waals surface area contributed by atoms with E-state index >= 15 is 0 Å². The Labute approximate surface area is 97.0 Å². The van der Waals surface area contributed by atoms with Crippen molar-refractivity contribution in [2.24, 2.45) is 5.92 Å². The van der Waals surface area contributed by atoms with Crippen LogP contribution in [0.5, 0.6) is 0 Å². The van der Waals surface area contributed by atoms with Gasteiger partial charge >= 0.3 is 0 Å². The molecule has 0 fully saturated rings. The summed E-state index contributed by atoms with van der Waals surface area (Å²) >= 11 is 6.90. The smallest absolute Gasteiger partial charge is 0.0175 e. The van der Waals surface area contributed by atoms with Gasteiger partial charge in [-0.2, -0.15) is 0 Å². The largest absolute Gasteiger partial charge is 0.0928 e. The monoisotopic (exact) mass is 304 g/mol. The van der Waals surface area contributed by atoms with Gasteiger partial charge in [-0.1, -0.05) is 50.9 Å². The average Bonchev–Trinajstić information content (AvgIpc) is 2.09. The fourth-order valence-corrected chi connectivity index (χ4v) is 2.36. The summed E-state index contributed by atoms with van der Waals surface area (Å²) in [6, 6.07) is 8.59. The predicted molar refractivity (Wildman–Crippen MR) is 65.4 cm³/mol. The molecular weight excluding hydrogens is 292 g/mol. The maximum absolute atomic E-state index is 3.47. The molecule has 0 amide bonds. The summed E-state index contributed by atoms with van der Waals surface area (Å²) in [5.41, 5.74) is 1.43. The van der Waals surface area contributed by atoms with E-state index in [1.165, 1.54) is 18.4 Å². The van der Waals surface area contributed by atoms with Gasteiger partial charge in [0.2, 0.25) is 0 Å². The van der Waals surface area contributed by atoms with Crippen LogP contribution in [0, 0.1) is 5.92 Å². The molecule has 0 heterocycles. The molecule has 0 aromatic heterocycles. The quantitative estimate of drug-likeness (QED) is 0.723. The van der Waals surface area contributed by atoms with Gasteiger partial charge in [-0.3, -0.25) is 0 Å². The number of alkyl halides is 1. The third kappa shape index (κ3) is 4.28. The van der Waals surface area contributed by atoms with Crippen molar-refractivity contribution in [3.8, 4) is 0 Å². The Hall–Kier alpha value is 0.180. The Bertz CT molecular complexity index is 241. The molecule has 1 aromatic carbocycles. The van der Waals surface area contributed by atoms with E-state index in [2.05, 4.69) is 63.0 Å². The van der Waals surface area contributed by atoms with Crippen LogP contribution in [-0.2, 0) is 6.42 Å². The molecule has 0 aliphatic rings. The molecule has 1 rings (SSSR count). The highest BCUT2D eigenvalue weighted by Crippen LogP contribution is 2.15. The fourth-order valence-electron chi connectivity index (χ4n) is 1.31. The van der Waals surface area contributed by atoms with E-state index in [-0.39, 0.29) is 0 Å². The van der Waals surface area contributed by atoms with Gasteiger partial charge in [0, 0.05) is 9.80 Å². The third-order valence-corrected chi connectivity index (χ3v) is 3.09. The van der Waals surface area contributed by atoms with Crippen molar-refractivity contribution in [2.75, 3.05) is 5.33 Å². The Balaban J connectivity index is 2.49. The second-order valence-electron chi connectivity index (χ2n) is 3.41. The molecule has 0 aliphatic heterocycles. The zero-order chi connectivity index (χ0) is 9.68. The Kier molecular flexibility index (Phi) is 5.04. The maximum atomic E-state index is 3.47. The summed E-state index contributed by atoms with van der Waals surface area (Å²) in [6.45, 7) is 2.29. The van der Waals surface area contributed by atoms with Crippen molar-refractivity contribution in [3.05, 3.63) is 34.3 Å². The van der Waals surface area contributed by atoms with Gasteiger partial charge in [-0.25, -0.2) is 0 Å². The van der Waals surface area contributed by atoms with Gasteiger partial charge in [0.25, 0.3) is 0 Å². The number of benzene rings is 1. The highest BCUT2D eigenvalue weighted by Gasteiger charge is 2.02. The summed E-state index contributed by atoms with van der Waals surface area (Å²) in [5.74, 6) is 0.764. The predicted octanol–water partition coefficient (Wildman–Crippen LogP) is 4.41. The molecule has 0 saturated heterocycles. The number of rotatable bonds is 4. The van der Waals surface area contributed by atoms with Gasteiger partial charge < -0.3 is 0 Å². The van der Waals surface area contributed by atoms with Crippen LogP contribution >= 0.6 is 31.9 Å². The molecular formula is C11H14Br2. The second-order valence-corrected chi connectivity index (χ2v) is 5.12. The molecule has 0 spiro atoms. The zero-order valence-corrected chi connectivity index (χ0v) is 10.9. The molecule has 2 heteroatoms. The van der Waals surface area contributed by atoms with Crippen LogP contribution in [0.25, 0.3) is 0 Å². The topological polar surface area (TPSA) is 0 Å². The molecule has 72 valence electrons. The van der Waals surface area contributed by atoms with Crippen molar-refractivity contribution < 1.29 is 0 Å². The lowest BCUT2D eigenvalue weighted by Gasteiger charge is -2.09. The summed E-state index contributed by atoms with van der Waals surface area (Å²) in [6.07, 6.45) is 2.43. The molecule has 0 aliphatic carbocycles. The van der Waals surface area contributed by atoms with Crippen LogP contribution < -0.4 is 0 Å². The fraction of sp³-hybridized carbons (Fsp3) is 0.455. The standard InChI is InChI=1S/C11H14Br2/c1-9(6-7-12)8-10-2-4-11(13)5-3-10/h2-5,9H,6-8H2,1H3. The first-order valence-corrected chi connectivity index (χ1v) is 6.44. The molecule has 1 aromatic rings. The Morgan fingerprint density at radius 3 is 2.38 bits per heavy atom. The second kappa shape index (κ2) is 5.82. The Morgan fingerprint density at radius 2 is 1.85 bits per heavy atom. The van der Waals surface area contributed by atoms with Crippen LogP contribution in [0.2, 0.25) is 0 Å². The van der Waals surface area contributed by atoms with Crippen molar-refractivity contribution >= 4 is 31.9 Å². The zero-order valence-electron chi connectivity index (χ0n) is 7.76. The van der Waals surface area contributed by atoms with Crippen molar-refractivity contribution in [3.63, 3.8) is 0 Å². The third-order valence-electron chi connectivity index (χ3n) is 2.10. The van der Waals surface area contributed by atoms with Crippen LogP contribution in [0.1, 0.15) is 18.9 Å². The summed E-state index contributed by atoms with van der Waals surface area (Å²) < 4.78 is 1.16. The highest BCUT2D eigenvalue weighted by molar-refractivity contribution is 9.10. The van der Waals surface area contributed by atoms with Gasteiger partial charge in [-0.05, 0) is 36.5 Å². The molecule has 1 atom stereocenters. The maximum Gasteiger partial charge on any atom is 0.0175 e. The van der Waals surface area contributed by atoms with E-state index in [9.17, 15) is 0 Å². The number of hydrogen-bond donors (Lipinski definition) is 0. The van der Waals surface area contributed by atoms with Gasteiger partial charge in [0.05, 0.1) is 0 Å². The summed E-state index contributed by atoms with van der Waals surface area (Å²) in [7, 11) is 0. The molecule has 0 N–H and O–H groups in total. The van der Waals surface area contributed by atoms with E-state index in [0.717, 1.165) is 15.7 Å². The van der Waals surface area contributed by atoms with Gasteiger partial charge in [0.15, 0.2) is 0 Å². The van der Waals surface area contributed by atoms with E-state index in [4.69, 9.17) is 0 Å². The van der Waals surface area contributed by atoms with Crippen molar-refractivity contribution in [1.29, 1.82) is 0 Å². The first-order valence-electron chi connectivity index (χ1n) is 4.53. The molecule has 0 nitrogen and oxygen atoms in total. The summed E-state index contributed by atoms with van der Waals surface area (Å²) in [4.78, 5) is 0. The van der Waals surface area contributed by atoms with E-state index in [1.54, 1.807) is 0 Å². The molecule has 0 saturated carbocycles. The van der Waals surface area contributed by atoms with E-state index in [1.807, 2.05) is 0 Å². The summed E-state index contributed by atoms with van der Waals surface area (Å²) in [5, 5.41) is 1.10. The van der Waals surface area contributed by atoms with Crippen LogP contribution in [0.4, 0.5) is 0 Å².